The highest BCUT2D eigenvalue weighted by atomic mass is 13.9. The van der Waals surface area contributed by atoms with Crippen LogP contribution < -0.4 is 0 Å². The molecule has 0 radical (unpaired) electrons. The Morgan fingerprint density at radius 1 is 0.846 bits per heavy atom. The summed E-state index contributed by atoms with van der Waals surface area (Å²) >= 11 is 0. The summed E-state index contributed by atoms with van der Waals surface area (Å²) in [7, 11) is 0. The van der Waals surface area contributed by atoms with Crippen molar-refractivity contribution in [1.29, 1.82) is 0 Å². The first kappa shape index (κ1) is 12.2. The number of unbranched alkanes of at least 4 members (excludes halogenated alkanes) is 3. The van der Waals surface area contributed by atoms with E-state index in [1.165, 1.54) is 19.3 Å². The molecule has 74 valence electrons. The van der Waals surface area contributed by atoms with E-state index in [0.717, 1.165) is 19.3 Å². The average molecular weight is 178 g/mol. The van der Waals surface area contributed by atoms with E-state index < -0.39 is 0 Å². The SMILES string of the molecule is C=CCCC=CCCCC=CCC. The first-order valence-electron chi connectivity index (χ1n) is 5.32. The van der Waals surface area contributed by atoms with E-state index in [9.17, 15) is 0 Å². The minimum absolute atomic E-state index is 1.10. The average Bonchev–Trinajstić information content (AvgIpc) is 2.16. The first-order valence-corrected chi connectivity index (χ1v) is 5.32. The van der Waals surface area contributed by atoms with Gasteiger partial charge in [-0.1, -0.05) is 37.3 Å². The van der Waals surface area contributed by atoms with Crippen molar-refractivity contribution in [3.05, 3.63) is 37.0 Å². The molecule has 0 unspecified atom stereocenters. The maximum atomic E-state index is 3.69. The molecule has 0 aromatic carbocycles. The Hall–Kier alpha value is -0.780. The molecule has 0 heterocycles. The van der Waals surface area contributed by atoms with Crippen LogP contribution >= 0.6 is 0 Å². The number of allylic oxidation sites excluding steroid dienone is 5. The molecule has 0 bridgehead atoms. The Morgan fingerprint density at radius 3 is 2.08 bits per heavy atom. The van der Waals surface area contributed by atoms with Gasteiger partial charge in [-0.05, 0) is 38.5 Å². The standard InChI is InChI=1S/C13H22/c1-3-5-7-9-11-13-12-10-8-6-4-2/h3,6,8-9,11H,1,4-5,7,10,12-13H2,2H3. The second-order valence-corrected chi connectivity index (χ2v) is 3.15. The Bertz CT molecular complexity index is 151. The van der Waals surface area contributed by atoms with Gasteiger partial charge in [0.2, 0.25) is 0 Å². The van der Waals surface area contributed by atoms with E-state index in [1.807, 2.05) is 6.08 Å². The summed E-state index contributed by atoms with van der Waals surface area (Å²) in [4.78, 5) is 0. The van der Waals surface area contributed by atoms with Crippen molar-refractivity contribution >= 4 is 0 Å². The fourth-order valence-corrected chi connectivity index (χ4v) is 1.09. The smallest absolute Gasteiger partial charge is 0.0316 e. The second kappa shape index (κ2) is 11.2. The van der Waals surface area contributed by atoms with Gasteiger partial charge < -0.3 is 0 Å². The van der Waals surface area contributed by atoms with Gasteiger partial charge >= 0.3 is 0 Å². The Morgan fingerprint density at radius 2 is 1.46 bits per heavy atom. The van der Waals surface area contributed by atoms with E-state index in [-0.39, 0.29) is 0 Å². The zero-order chi connectivity index (χ0) is 9.78. The summed E-state index contributed by atoms with van der Waals surface area (Å²) in [5, 5.41) is 0. The largest absolute Gasteiger partial charge is 0.103 e. The zero-order valence-electron chi connectivity index (χ0n) is 8.84. The van der Waals surface area contributed by atoms with Crippen LogP contribution in [0.5, 0.6) is 0 Å². The lowest BCUT2D eigenvalue weighted by molar-refractivity contribution is 0.859. The predicted molar refractivity (Wildman–Crippen MR) is 61.9 cm³/mol. The van der Waals surface area contributed by atoms with Crippen LogP contribution in [0.1, 0.15) is 45.4 Å². The molecule has 0 amide bonds. The molecule has 0 nitrogen and oxygen atoms in total. The molecule has 0 aromatic rings. The van der Waals surface area contributed by atoms with Gasteiger partial charge in [-0.15, -0.1) is 6.58 Å². The maximum absolute atomic E-state index is 3.69. The summed E-state index contributed by atoms with van der Waals surface area (Å²) in [5.41, 5.74) is 0. The Kier molecular flexibility index (Phi) is 10.5. The fraction of sp³-hybridized carbons (Fsp3) is 0.538. The summed E-state index contributed by atoms with van der Waals surface area (Å²) < 4.78 is 0. The lowest BCUT2D eigenvalue weighted by Crippen LogP contribution is -1.70. The monoisotopic (exact) mass is 178 g/mol. The van der Waals surface area contributed by atoms with Gasteiger partial charge in [0.15, 0.2) is 0 Å². The lowest BCUT2D eigenvalue weighted by Gasteiger charge is -1.90. The molecule has 0 heteroatoms. The molecular formula is C13H22. The third-order valence-corrected chi connectivity index (χ3v) is 1.85. The van der Waals surface area contributed by atoms with Crippen molar-refractivity contribution in [3.63, 3.8) is 0 Å². The van der Waals surface area contributed by atoms with Crippen molar-refractivity contribution in [2.45, 2.75) is 45.4 Å². The van der Waals surface area contributed by atoms with E-state index in [2.05, 4.69) is 37.8 Å². The van der Waals surface area contributed by atoms with Crippen molar-refractivity contribution in [1.82, 2.24) is 0 Å². The summed E-state index contributed by atoms with van der Waals surface area (Å²) in [5.74, 6) is 0. The molecule has 0 atom stereocenters. The molecule has 0 aliphatic heterocycles. The van der Waals surface area contributed by atoms with Gasteiger partial charge in [-0.2, -0.15) is 0 Å². The highest BCUT2D eigenvalue weighted by Gasteiger charge is 1.80. The van der Waals surface area contributed by atoms with Crippen molar-refractivity contribution in [2.24, 2.45) is 0 Å². The third-order valence-electron chi connectivity index (χ3n) is 1.85. The Balaban J connectivity index is 3.10. The highest BCUT2D eigenvalue weighted by molar-refractivity contribution is 4.86. The van der Waals surface area contributed by atoms with Crippen LogP contribution in [0.3, 0.4) is 0 Å². The normalized spacial score (nSPS) is 11.5. The molecule has 0 saturated carbocycles. The molecule has 0 saturated heterocycles. The number of hydrogen-bond acceptors (Lipinski definition) is 0. The van der Waals surface area contributed by atoms with Crippen LogP contribution in [0.2, 0.25) is 0 Å². The maximum Gasteiger partial charge on any atom is -0.0316 e. The number of rotatable bonds is 8. The fourth-order valence-electron chi connectivity index (χ4n) is 1.09. The molecular weight excluding hydrogens is 156 g/mol. The second-order valence-electron chi connectivity index (χ2n) is 3.15. The summed E-state index contributed by atoms with van der Waals surface area (Å²) in [6, 6.07) is 0. The topological polar surface area (TPSA) is 0 Å². The van der Waals surface area contributed by atoms with E-state index in [1.54, 1.807) is 0 Å². The van der Waals surface area contributed by atoms with Crippen LogP contribution in [-0.4, -0.2) is 0 Å². The van der Waals surface area contributed by atoms with Crippen LogP contribution in [0, 0.1) is 0 Å². The molecule has 0 spiro atoms. The highest BCUT2D eigenvalue weighted by Crippen LogP contribution is 2.00. The minimum atomic E-state index is 1.10. The lowest BCUT2D eigenvalue weighted by atomic mass is 10.2. The third kappa shape index (κ3) is 11.2. The van der Waals surface area contributed by atoms with Crippen molar-refractivity contribution in [2.75, 3.05) is 0 Å². The van der Waals surface area contributed by atoms with E-state index >= 15 is 0 Å². The molecule has 0 N–H and O–H groups in total. The van der Waals surface area contributed by atoms with Crippen LogP contribution in [0.15, 0.2) is 37.0 Å². The molecule has 0 fully saturated rings. The molecule has 0 rings (SSSR count). The minimum Gasteiger partial charge on any atom is -0.103 e. The first-order chi connectivity index (χ1) is 6.41. The van der Waals surface area contributed by atoms with Gasteiger partial charge in [-0.25, -0.2) is 0 Å². The molecule has 13 heavy (non-hydrogen) atoms. The Labute approximate surface area is 83.0 Å². The van der Waals surface area contributed by atoms with Gasteiger partial charge in [0.05, 0.1) is 0 Å². The zero-order valence-corrected chi connectivity index (χ0v) is 8.84. The predicted octanol–water partition coefficient (Wildman–Crippen LogP) is 4.65. The van der Waals surface area contributed by atoms with Crippen molar-refractivity contribution < 1.29 is 0 Å². The van der Waals surface area contributed by atoms with Gasteiger partial charge in [0.1, 0.15) is 0 Å². The summed E-state index contributed by atoms with van der Waals surface area (Å²) in [6.45, 7) is 5.86. The summed E-state index contributed by atoms with van der Waals surface area (Å²) in [6.07, 6.45) is 18.1. The molecule has 0 aliphatic carbocycles. The molecule has 0 aliphatic rings. The van der Waals surface area contributed by atoms with Crippen LogP contribution in [0.4, 0.5) is 0 Å². The van der Waals surface area contributed by atoms with E-state index in [4.69, 9.17) is 0 Å². The quantitative estimate of drug-likeness (QED) is 0.375. The molecule has 0 aromatic heterocycles. The van der Waals surface area contributed by atoms with Crippen LogP contribution in [-0.2, 0) is 0 Å². The van der Waals surface area contributed by atoms with Gasteiger partial charge in [-0.3, -0.25) is 0 Å². The van der Waals surface area contributed by atoms with Crippen molar-refractivity contribution in [3.8, 4) is 0 Å². The van der Waals surface area contributed by atoms with E-state index in [0.29, 0.717) is 0 Å². The van der Waals surface area contributed by atoms with Crippen LogP contribution in [0.25, 0.3) is 0 Å². The number of hydrogen-bond donors (Lipinski definition) is 0. The van der Waals surface area contributed by atoms with Gasteiger partial charge in [0, 0.05) is 0 Å². The van der Waals surface area contributed by atoms with Gasteiger partial charge in [0.25, 0.3) is 0 Å².